The number of para-hydroxylation sites is 1. The number of carbonyl (C=O) groups is 1. The molecule has 10 heteroatoms. The maximum Gasteiger partial charge on any atom is 0.387 e. The van der Waals surface area contributed by atoms with Gasteiger partial charge in [0.1, 0.15) is 5.75 Å². The standard InChI is InChI=1S/C26H21F2N5O2S/c1-3-33-15(2)20(13-29-33)22-12-19(18-6-4-5-7-21(18)30-22)24(34)32-26-31-23(14-36-26)16-8-10-17(11-9-16)35-25(27)28/h4-14,25H,3H2,1-2H3,(H,31,32,34). The topological polar surface area (TPSA) is 81.9 Å². The van der Waals surface area contributed by atoms with Crippen LogP contribution in [0.25, 0.3) is 33.4 Å². The molecule has 3 aromatic heterocycles. The third-order valence-corrected chi connectivity index (χ3v) is 6.50. The van der Waals surface area contributed by atoms with E-state index in [4.69, 9.17) is 4.98 Å². The van der Waals surface area contributed by atoms with E-state index in [1.165, 1.54) is 23.5 Å². The van der Waals surface area contributed by atoms with Gasteiger partial charge in [-0.2, -0.15) is 13.9 Å². The smallest absolute Gasteiger partial charge is 0.387 e. The lowest BCUT2D eigenvalue weighted by atomic mass is 10.0. The number of thiazole rings is 1. The zero-order valence-electron chi connectivity index (χ0n) is 19.4. The Labute approximate surface area is 209 Å². The van der Waals surface area contributed by atoms with Crippen LogP contribution in [0.1, 0.15) is 23.0 Å². The number of benzene rings is 2. The van der Waals surface area contributed by atoms with Gasteiger partial charge in [-0.1, -0.05) is 18.2 Å². The number of aryl methyl sites for hydroxylation is 1. The summed E-state index contributed by atoms with van der Waals surface area (Å²) in [5.41, 5.74) is 5.02. The quantitative estimate of drug-likeness (QED) is 0.277. The van der Waals surface area contributed by atoms with Gasteiger partial charge >= 0.3 is 6.61 Å². The second-order valence-corrected chi connectivity index (χ2v) is 8.78. The molecule has 0 spiro atoms. The molecule has 7 nitrogen and oxygen atoms in total. The van der Waals surface area contributed by atoms with E-state index < -0.39 is 6.61 Å². The first-order chi connectivity index (χ1) is 17.4. The van der Waals surface area contributed by atoms with Crippen molar-refractivity contribution < 1.29 is 18.3 Å². The van der Waals surface area contributed by atoms with E-state index in [-0.39, 0.29) is 11.7 Å². The van der Waals surface area contributed by atoms with Crippen LogP contribution >= 0.6 is 11.3 Å². The number of anilines is 1. The molecule has 0 atom stereocenters. The van der Waals surface area contributed by atoms with Crippen molar-refractivity contribution in [2.45, 2.75) is 27.0 Å². The summed E-state index contributed by atoms with van der Waals surface area (Å²) < 4.78 is 31.0. The summed E-state index contributed by atoms with van der Waals surface area (Å²) in [4.78, 5) is 22.6. The van der Waals surface area contributed by atoms with Crippen LogP contribution in [0.4, 0.5) is 13.9 Å². The van der Waals surface area contributed by atoms with Crippen LogP contribution in [0.5, 0.6) is 5.75 Å². The number of nitrogens with one attached hydrogen (secondary N) is 1. The van der Waals surface area contributed by atoms with Crippen molar-refractivity contribution in [1.82, 2.24) is 19.7 Å². The van der Waals surface area contributed by atoms with Crippen LogP contribution in [-0.4, -0.2) is 32.3 Å². The van der Waals surface area contributed by atoms with E-state index in [0.717, 1.165) is 23.2 Å². The molecule has 0 aliphatic carbocycles. The lowest BCUT2D eigenvalue weighted by molar-refractivity contribution is -0.0498. The summed E-state index contributed by atoms with van der Waals surface area (Å²) in [5, 5.41) is 10.2. The Bertz CT molecular complexity index is 1550. The van der Waals surface area contributed by atoms with Crippen molar-refractivity contribution in [3.05, 3.63) is 77.4 Å². The number of hydrogen-bond acceptors (Lipinski definition) is 6. The highest BCUT2D eigenvalue weighted by Gasteiger charge is 2.18. The van der Waals surface area contributed by atoms with E-state index in [1.54, 1.807) is 29.8 Å². The van der Waals surface area contributed by atoms with Crippen LogP contribution in [0, 0.1) is 6.92 Å². The number of carbonyl (C=O) groups excluding carboxylic acids is 1. The number of amides is 1. The van der Waals surface area contributed by atoms with Gasteiger partial charge in [-0.3, -0.25) is 14.8 Å². The van der Waals surface area contributed by atoms with Crippen LogP contribution in [0.3, 0.4) is 0 Å². The van der Waals surface area contributed by atoms with Gasteiger partial charge in [-0.25, -0.2) is 9.97 Å². The molecule has 0 aliphatic heterocycles. The summed E-state index contributed by atoms with van der Waals surface area (Å²) in [6.07, 6.45) is 1.77. The number of hydrogen-bond donors (Lipinski definition) is 1. The predicted molar refractivity (Wildman–Crippen MR) is 136 cm³/mol. The molecule has 0 aliphatic rings. The van der Waals surface area contributed by atoms with Gasteiger partial charge < -0.3 is 4.74 Å². The monoisotopic (exact) mass is 505 g/mol. The van der Waals surface area contributed by atoms with E-state index in [0.29, 0.717) is 33.2 Å². The van der Waals surface area contributed by atoms with Gasteiger partial charge in [0.15, 0.2) is 5.13 Å². The van der Waals surface area contributed by atoms with Gasteiger partial charge in [0.05, 0.1) is 28.7 Å². The fourth-order valence-electron chi connectivity index (χ4n) is 3.95. The third kappa shape index (κ3) is 4.67. The molecular weight excluding hydrogens is 484 g/mol. The number of nitrogens with zero attached hydrogens (tertiary/aromatic N) is 4. The summed E-state index contributed by atoms with van der Waals surface area (Å²) in [5.74, 6) is -0.241. The van der Waals surface area contributed by atoms with Crippen LogP contribution in [0.15, 0.2) is 66.2 Å². The number of fused-ring (bicyclic) bond motifs is 1. The van der Waals surface area contributed by atoms with Crippen LogP contribution < -0.4 is 10.1 Å². The first kappa shape index (κ1) is 23.6. The van der Waals surface area contributed by atoms with Crippen LogP contribution in [-0.2, 0) is 6.54 Å². The highest BCUT2D eigenvalue weighted by molar-refractivity contribution is 7.14. The maximum atomic E-state index is 13.4. The number of alkyl halides is 2. The van der Waals surface area contributed by atoms with Crippen LogP contribution in [0.2, 0.25) is 0 Å². The minimum atomic E-state index is -2.88. The number of rotatable bonds is 7. The Kier molecular flexibility index (Phi) is 6.43. The second kappa shape index (κ2) is 9.82. The SMILES string of the molecule is CCn1ncc(-c2cc(C(=O)Nc3nc(-c4ccc(OC(F)F)cc4)cs3)c3ccccc3n2)c1C. The highest BCUT2D eigenvalue weighted by Crippen LogP contribution is 2.30. The average molecular weight is 506 g/mol. The molecule has 0 saturated heterocycles. The Morgan fingerprint density at radius 3 is 2.61 bits per heavy atom. The zero-order chi connectivity index (χ0) is 25.2. The molecule has 0 bridgehead atoms. The Hall–Kier alpha value is -4.18. The zero-order valence-corrected chi connectivity index (χ0v) is 20.2. The van der Waals surface area contributed by atoms with Crippen molar-refractivity contribution >= 4 is 33.3 Å². The summed E-state index contributed by atoms with van der Waals surface area (Å²) in [6, 6.07) is 15.4. The Balaban J connectivity index is 1.43. The molecule has 5 aromatic rings. The number of pyridine rings is 1. The van der Waals surface area contributed by atoms with E-state index in [9.17, 15) is 13.6 Å². The van der Waals surface area contributed by atoms with Crippen molar-refractivity contribution in [2.75, 3.05) is 5.32 Å². The fourth-order valence-corrected chi connectivity index (χ4v) is 4.67. The Morgan fingerprint density at radius 2 is 1.89 bits per heavy atom. The van der Waals surface area contributed by atoms with Crippen molar-refractivity contribution in [2.24, 2.45) is 0 Å². The minimum absolute atomic E-state index is 0.0672. The highest BCUT2D eigenvalue weighted by atomic mass is 32.1. The van der Waals surface area contributed by atoms with E-state index >= 15 is 0 Å². The van der Waals surface area contributed by atoms with Gasteiger partial charge in [-0.15, -0.1) is 11.3 Å². The van der Waals surface area contributed by atoms with Crippen molar-refractivity contribution in [3.8, 4) is 28.3 Å². The van der Waals surface area contributed by atoms with E-state index in [2.05, 4.69) is 20.1 Å². The molecule has 182 valence electrons. The second-order valence-electron chi connectivity index (χ2n) is 7.93. The van der Waals surface area contributed by atoms with Crippen molar-refractivity contribution in [3.63, 3.8) is 0 Å². The molecule has 0 saturated carbocycles. The third-order valence-electron chi connectivity index (χ3n) is 5.74. The minimum Gasteiger partial charge on any atom is -0.435 e. The molecule has 0 radical (unpaired) electrons. The molecule has 0 unspecified atom stereocenters. The average Bonchev–Trinajstić information content (AvgIpc) is 3.49. The molecule has 5 rings (SSSR count). The molecule has 1 amide bonds. The lowest BCUT2D eigenvalue weighted by Gasteiger charge is -2.10. The van der Waals surface area contributed by atoms with Crippen molar-refractivity contribution in [1.29, 1.82) is 0 Å². The normalized spacial score (nSPS) is 11.2. The Morgan fingerprint density at radius 1 is 1.11 bits per heavy atom. The fraction of sp³-hybridized carbons (Fsp3) is 0.154. The molecule has 3 heterocycles. The molecular formula is C26H21F2N5O2S. The summed E-state index contributed by atoms with van der Waals surface area (Å²) >= 11 is 1.27. The van der Waals surface area contributed by atoms with Gasteiger partial charge in [0.25, 0.3) is 5.91 Å². The molecule has 0 fully saturated rings. The van der Waals surface area contributed by atoms with Gasteiger partial charge in [0.2, 0.25) is 0 Å². The summed E-state index contributed by atoms with van der Waals surface area (Å²) in [6.45, 7) is 1.85. The first-order valence-electron chi connectivity index (χ1n) is 11.2. The largest absolute Gasteiger partial charge is 0.435 e. The first-order valence-corrected chi connectivity index (χ1v) is 12.1. The predicted octanol–water partition coefficient (Wildman–Crippen LogP) is 6.40. The maximum absolute atomic E-state index is 13.4. The number of ether oxygens (including phenoxy) is 1. The molecule has 1 N–H and O–H groups in total. The summed E-state index contributed by atoms with van der Waals surface area (Å²) in [7, 11) is 0. The molecule has 2 aromatic carbocycles. The lowest BCUT2D eigenvalue weighted by Crippen LogP contribution is -2.13. The van der Waals surface area contributed by atoms with Gasteiger partial charge in [0, 0.05) is 34.1 Å². The number of halogens is 2. The number of aromatic nitrogens is 4. The molecule has 36 heavy (non-hydrogen) atoms. The van der Waals surface area contributed by atoms with E-state index in [1.807, 2.05) is 42.8 Å². The van der Waals surface area contributed by atoms with Gasteiger partial charge in [-0.05, 0) is 50.2 Å².